The summed E-state index contributed by atoms with van der Waals surface area (Å²) in [5.74, 6) is -6.65. The second-order valence-electron chi connectivity index (χ2n) is 24.0. The van der Waals surface area contributed by atoms with Gasteiger partial charge in [0.15, 0.2) is 0 Å². The van der Waals surface area contributed by atoms with Gasteiger partial charge in [-0.25, -0.2) is 0 Å². The number of hydrogen-bond acceptors (Lipinski definition) is 24. The van der Waals surface area contributed by atoms with Crippen molar-refractivity contribution in [2.45, 2.75) is 96.2 Å². The third-order valence-corrected chi connectivity index (χ3v) is 15.0. The van der Waals surface area contributed by atoms with Gasteiger partial charge in [0, 0.05) is 155 Å². The maximum atomic E-state index is 13.3. The Morgan fingerprint density at radius 2 is 0.775 bits per heavy atom. The van der Waals surface area contributed by atoms with Crippen molar-refractivity contribution >= 4 is 59.2 Å². The summed E-state index contributed by atoms with van der Waals surface area (Å²) >= 11 is 0. The van der Waals surface area contributed by atoms with Gasteiger partial charge in [-0.3, -0.25) is 57.7 Å². The van der Waals surface area contributed by atoms with E-state index in [2.05, 4.69) is 111 Å². The van der Waals surface area contributed by atoms with Crippen LogP contribution in [0.2, 0.25) is 0 Å². The predicted octanol–water partition coefficient (Wildman–Crippen LogP) is -19.8. The molecule has 0 spiro atoms. The molecule has 0 radical (unpaired) electrons. The van der Waals surface area contributed by atoms with Crippen molar-refractivity contribution in [2.75, 3.05) is 197 Å². The molecule has 2 rings (SSSR count). The average Bonchev–Trinajstić information content (AvgIpc) is 0.880. The Kier molecular flexibility index (Phi) is 78.3. The molecule has 0 aliphatic heterocycles. The van der Waals surface area contributed by atoms with Gasteiger partial charge >= 0.3 is 11.9 Å². The van der Waals surface area contributed by atoms with Gasteiger partial charge in [-0.15, -0.1) is 0 Å². The van der Waals surface area contributed by atoms with Crippen LogP contribution < -0.4 is 143 Å². The van der Waals surface area contributed by atoms with Crippen molar-refractivity contribution in [3.63, 3.8) is 0 Å². The van der Waals surface area contributed by atoms with Crippen LogP contribution in [0.5, 0.6) is 0 Å². The number of azide groups is 2. The molecule has 0 saturated carbocycles. The van der Waals surface area contributed by atoms with Crippen molar-refractivity contribution < 1.29 is 139 Å². The number of nitrogens with one attached hydrogen (secondary N) is 10. The molecule has 0 fully saturated rings. The minimum Gasteiger partial charge on any atom is -1.00 e. The van der Waals surface area contributed by atoms with Crippen LogP contribution in [0.4, 0.5) is 0 Å². The first-order valence-corrected chi connectivity index (χ1v) is 36.4. The van der Waals surface area contributed by atoms with Crippen LogP contribution in [0.1, 0.15) is 69.9 Å². The highest BCUT2D eigenvalue weighted by Gasteiger charge is 2.32. The number of benzene rings is 2. The number of ether oxygens (including phenoxy) is 4. The zero-order valence-electron chi connectivity index (χ0n) is 64.5. The number of carbonyl (C=O) groups excluding carboxylic acids is 10. The molecular weight excluding hydrogens is 1530 g/mol. The Labute approximate surface area is 676 Å². The van der Waals surface area contributed by atoms with E-state index >= 15 is 0 Å². The van der Waals surface area contributed by atoms with Gasteiger partial charge < -0.3 is 167 Å². The monoisotopic (exact) mass is 1660 g/mol. The Hall–Kier alpha value is -7.64. The summed E-state index contributed by atoms with van der Waals surface area (Å²) < 4.78 is 21.0. The summed E-state index contributed by atoms with van der Waals surface area (Å²) in [6.07, 6.45) is 1.75. The van der Waals surface area contributed by atoms with Gasteiger partial charge in [-0.1, -0.05) is 77.3 Å². The van der Waals surface area contributed by atoms with Crippen molar-refractivity contribution in [1.82, 2.24) is 67.9 Å². The van der Waals surface area contributed by atoms with Crippen LogP contribution in [0, 0.1) is 0 Å². The number of halogens is 4. The molecule has 40 nitrogen and oxygen atoms in total. The number of nitrogens with two attached hydrogens (primary N) is 3. The third kappa shape index (κ3) is 64.6. The van der Waals surface area contributed by atoms with Crippen molar-refractivity contribution in [3.8, 4) is 0 Å². The lowest BCUT2D eigenvalue weighted by molar-refractivity contribution is -0.378. The standard InChI is InChI=1S/C30H64N16O6.C28H34N6O8.C9H24N4.4ClH/c1-24(47)42-26(23-28(49)39-9-7-37-11-19-46(16-4-33)17-5-34)30(51)43-25(29(50)40-12-20-52-21-13-41-44-35)22-27(48)38-8-6-36-10-18-45(14-2-31)15-3-32;1-20(35)32-24(17-26(37)42-19-22-10-6-3-7-11-22)28(39)33-23(27(38)30-12-14-40-15-13-31-34-29)16-25(36)41-18-21-8-4-2-5-9-21;10-4-2-1-3-7-13(8-5-11)9-6-12;;;;/h25-26,36-37H,2-23,31-34H2,1H3,(H,38,48)(H,39,49)(H,40,50)(H,42,47)(H,43,51);2-11,23-24H,12-19H2,1H3,(H,30,38)(H,32,35)(H,33,39);1-12H2;4*1H/t25-,26+;23-,24+;;;;;/m00...../s1. The van der Waals surface area contributed by atoms with Crippen LogP contribution in [0.3, 0.4) is 0 Å². The van der Waals surface area contributed by atoms with Crippen molar-refractivity contribution in [2.24, 2.45) is 27.4 Å². The number of hydrogen-bond donors (Lipinski definition) is 17. The van der Waals surface area contributed by atoms with Gasteiger partial charge in [-0.05, 0) is 48.1 Å². The van der Waals surface area contributed by atoms with E-state index in [1.54, 1.807) is 48.5 Å². The summed E-state index contributed by atoms with van der Waals surface area (Å²) in [4.78, 5) is 139. The number of unbranched alkanes of at least 4 members (excludes halogenated alkanes) is 2. The van der Waals surface area contributed by atoms with Gasteiger partial charge in [-0.2, -0.15) is 0 Å². The second kappa shape index (κ2) is 77.7. The van der Waals surface area contributed by atoms with E-state index in [0.717, 1.165) is 129 Å². The average molecular weight is 1660 g/mol. The lowest BCUT2D eigenvalue weighted by atomic mass is 10.1. The Morgan fingerprint density at radius 1 is 0.414 bits per heavy atom. The molecule has 8 amide bonds. The molecule has 2 aromatic rings. The van der Waals surface area contributed by atoms with Crippen LogP contribution >= 0.6 is 0 Å². The molecule has 636 valence electrons. The SMILES string of the molecule is CC(=O)N[C@H](CC(=O)NCCNCCN(CC[NH3+])CC[NH3+])C(=O)N[C@@H](CC(=O)NCCNCCN(CC[NH3+])CC[NH3+])C(=O)NCCOCCN=[N+]=[N-].CC(=O)N[C@H](CC(=O)OCc1ccccc1)C(=O)N[C@@H](CC(=O)OCc1ccccc1)C(=O)NCCOCCN=[N+]=[N-].NCCCCCN(CCN)CCN.[Cl-].[Cl-].[Cl-].[Cl-]. The minimum atomic E-state index is -1.39. The topological polar surface area (TPSA) is 624 Å². The van der Waals surface area contributed by atoms with Crippen LogP contribution in [-0.4, -0.2) is 295 Å². The number of carbonyl (C=O) groups is 10. The lowest BCUT2D eigenvalue weighted by Crippen LogP contribution is -3.00. The van der Waals surface area contributed by atoms with Gasteiger partial charge in [0.1, 0.15) is 37.4 Å². The second-order valence-corrected chi connectivity index (χ2v) is 24.0. The fraction of sp³-hybridized carbons (Fsp3) is 0.672. The predicted molar refractivity (Wildman–Crippen MR) is 399 cm³/mol. The van der Waals surface area contributed by atoms with E-state index in [4.69, 9.17) is 47.2 Å². The highest BCUT2D eigenvalue weighted by Crippen LogP contribution is 2.08. The van der Waals surface area contributed by atoms with E-state index in [1.165, 1.54) is 26.7 Å². The Bertz CT molecular complexity index is 2860. The number of rotatable bonds is 61. The summed E-state index contributed by atoms with van der Waals surface area (Å²) in [5.41, 5.74) is 50.0. The molecule has 0 saturated heterocycles. The lowest BCUT2D eigenvalue weighted by Gasteiger charge is -2.23. The first-order valence-electron chi connectivity index (χ1n) is 36.4. The molecule has 0 aromatic heterocycles. The molecule has 0 bridgehead atoms. The van der Waals surface area contributed by atoms with E-state index in [1.807, 2.05) is 12.1 Å². The largest absolute Gasteiger partial charge is 1.00 e. The van der Waals surface area contributed by atoms with Crippen molar-refractivity contribution in [3.05, 3.63) is 92.7 Å². The van der Waals surface area contributed by atoms with Gasteiger partial charge in [0.05, 0.1) is 78.3 Å². The minimum absolute atomic E-state index is 0. The van der Waals surface area contributed by atoms with Crippen LogP contribution in [-0.2, 0) is 80.1 Å². The molecule has 4 atom stereocenters. The first-order chi connectivity index (χ1) is 51.7. The molecule has 0 unspecified atom stereocenters. The van der Waals surface area contributed by atoms with E-state index in [0.29, 0.717) is 32.7 Å². The number of amides is 8. The van der Waals surface area contributed by atoms with E-state index in [9.17, 15) is 47.9 Å². The quantitative estimate of drug-likeness (QED) is 0.00961. The van der Waals surface area contributed by atoms with Gasteiger partial charge in [0.2, 0.25) is 47.3 Å². The van der Waals surface area contributed by atoms with E-state index < -0.39 is 96.2 Å². The smallest absolute Gasteiger partial charge is 0.308 e. The van der Waals surface area contributed by atoms with Gasteiger partial charge in [0.25, 0.3) is 0 Å². The highest BCUT2D eigenvalue weighted by atomic mass is 35.5. The normalized spacial score (nSPS) is 11.4. The van der Waals surface area contributed by atoms with Crippen LogP contribution in [0.25, 0.3) is 20.9 Å². The summed E-state index contributed by atoms with van der Waals surface area (Å²) in [6.45, 7) is 19.8. The fourth-order valence-electron chi connectivity index (χ4n) is 9.79. The summed E-state index contributed by atoms with van der Waals surface area (Å²) in [5, 5.41) is 33.6. The summed E-state index contributed by atoms with van der Waals surface area (Å²) in [7, 11) is 0. The molecule has 28 N–H and O–H groups in total. The number of quaternary nitrogens is 4. The maximum absolute atomic E-state index is 13.3. The Morgan fingerprint density at radius 3 is 1.13 bits per heavy atom. The molecule has 44 heteroatoms. The number of esters is 2. The molecule has 0 aliphatic carbocycles. The molecule has 2 aromatic carbocycles. The van der Waals surface area contributed by atoms with E-state index in [-0.39, 0.29) is 128 Å². The number of nitrogens with zero attached hydrogens (tertiary/aromatic N) is 9. The summed E-state index contributed by atoms with van der Waals surface area (Å²) in [6, 6.07) is 12.4. The molecule has 0 aliphatic rings. The third-order valence-electron chi connectivity index (χ3n) is 15.0. The zero-order valence-corrected chi connectivity index (χ0v) is 67.5. The van der Waals surface area contributed by atoms with Crippen LogP contribution in [0.15, 0.2) is 70.9 Å². The zero-order chi connectivity index (χ0) is 79.3. The fourth-order valence-corrected chi connectivity index (χ4v) is 9.79. The van der Waals surface area contributed by atoms with Crippen molar-refractivity contribution in [1.29, 1.82) is 0 Å². The molecule has 0 heterocycles. The Balaban J connectivity index is -0.000000569. The molecule has 111 heavy (non-hydrogen) atoms. The highest BCUT2D eigenvalue weighted by molar-refractivity contribution is 5.97. The maximum Gasteiger partial charge on any atom is 0.308 e. The molecular formula is C67H126Cl4N26O14. The first kappa shape index (κ1) is 112.